The molecule has 1 saturated heterocycles. The molecule has 0 atom stereocenters. The minimum absolute atomic E-state index is 0.127. The van der Waals surface area contributed by atoms with Crippen molar-refractivity contribution in [2.45, 2.75) is 6.42 Å². The minimum Gasteiger partial charge on any atom is -0.395 e. The summed E-state index contributed by atoms with van der Waals surface area (Å²) in [6.07, 6.45) is 0.857. The number of amides is 1. The number of anilines is 1. The number of aliphatic hydroxyl groups is 1. The van der Waals surface area contributed by atoms with Gasteiger partial charge in [0.15, 0.2) is 0 Å². The Labute approximate surface area is 124 Å². The largest absolute Gasteiger partial charge is 0.395 e. The van der Waals surface area contributed by atoms with Gasteiger partial charge in [0.1, 0.15) is 5.82 Å². The van der Waals surface area contributed by atoms with E-state index in [0.717, 1.165) is 19.5 Å². The van der Waals surface area contributed by atoms with Crippen LogP contribution >= 0.6 is 0 Å². The summed E-state index contributed by atoms with van der Waals surface area (Å²) in [6.45, 7) is 3.60. The number of nitrogens with zero attached hydrogens (tertiary/aromatic N) is 2. The van der Waals surface area contributed by atoms with Crippen molar-refractivity contribution < 1.29 is 14.3 Å². The van der Waals surface area contributed by atoms with Crippen LogP contribution in [0.2, 0.25) is 0 Å². The fraction of sp³-hybridized carbons (Fsp3) is 0.533. The van der Waals surface area contributed by atoms with Gasteiger partial charge in [-0.2, -0.15) is 0 Å². The van der Waals surface area contributed by atoms with Gasteiger partial charge in [-0.1, -0.05) is 6.07 Å². The number of aliphatic hydroxyl groups excluding tert-OH is 1. The molecule has 1 aliphatic heterocycles. The third-order valence-corrected chi connectivity index (χ3v) is 3.79. The summed E-state index contributed by atoms with van der Waals surface area (Å²) in [5, 5.41) is 11.8. The van der Waals surface area contributed by atoms with Crippen molar-refractivity contribution in [2.75, 3.05) is 51.7 Å². The lowest BCUT2D eigenvalue weighted by Gasteiger charge is -2.22. The molecule has 0 radical (unpaired) electrons. The first-order valence-corrected chi connectivity index (χ1v) is 7.26. The molecule has 1 heterocycles. The second-order valence-corrected chi connectivity index (χ2v) is 5.12. The molecule has 0 spiro atoms. The number of nitrogens with one attached hydrogen (secondary N) is 1. The van der Waals surface area contributed by atoms with Crippen molar-refractivity contribution in [3.8, 4) is 0 Å². The number of carbonyl (C=O) groups excluding carboxylic acids is 1. The standard InChI is InChI=1S/C15H22FN3O2/c1-17-14-12(4-2-5-13(14)16)15(21)19-7-3-6-18(8-9-19)10-11-20/h2,4-5,17,20H,3,6-11H2,1H3. The Kier molecular flexibility index (Phi) is 5.52. The fourth-order valence-electron chi connectivity index (χ4n) is 2.67. The Morgan fingerprint density at radius 2 is 2.14 bits per heavy atom. The molecule has 0 unspecified atom stereocenters. The van der Waals surface area contributed by atoms with Gasteiger partial charge < -0.3 is 15.3 Å². The topological polar surface area (TPSA) is 55.8 Å². The van der Waals surface area contributed by atoms with Crippen molar-refractivity contribution in [1.82, 2.24) is 9.80 Å². The van der Waals surface area contributed by atoms with E-state index in [0.29, 0.717) is 25.2 Å². The van der Waals surface area contributed by atoms with E-state index in [-0.39, 0.29) is 18.2 Å². The molecule has 1 aromatic carbocycles. The Bertz CT molecular complexity index is 496. The lowest BCUT2D eigenvalue weighted by atomic mass is 10.1. The van der Waals surface area contributed by atoms with Gasteiger partial charge in [0.25, 0.3) is 5.91 Å². The smallest absolute Gasteiger partial charge is 0.256 e. The molecule has 0 saturated carbocycles. The van der Waals surface area contributed by atoms with Gasteiger partial charge in [-0.05, 0) is 25.1 Å². The summed E-state index contributed by atoms with van der Waals surface area (Å²) >= 11 is 0. The van der Waals surface area contributed by atoms with Gasteiger partial charge in [-0.25, -0.2) is 4.39 Å². The van der Waals surface area contributed by atoms with Crippen molar-refractivity contribution in [3.05, 3.63) is 29.6 Å². The van der Waals surface area contributed by atoms with Crippen LogP contribution in [-0.4, -0.2) is 67.2 Å². The summed E-state index contributed by atoms with van der Waals surface area (Å²) in [7, 11) is 1.61. The molecule has 116 valence electrons. The van der Waals surface area contributed by atoms with E-state index in [9.17, 15) is 9.18 Å². The number of benzene rings is 1. The zero-order valence-electron chi connectivity index (χ0n) is 12.3. The number of rotatable bonds is 4. The molecular formula is C15H22FN3O2. The van der Waals surface area contributed by atoms with Crippen molar-refractivity contribution in [2.24, 2.45) is 0 Å². The normalized spacial score (nSPS) is 16.6. The highest BCUT2D eigenvalue weighted by molar-refractivity contribution is 5.99. The number of β-amino-alcohol motifs (C(OH)–C–C–N with tert-alkyl or cyclic N) is 1. The predicted molar refractivity (Wildman–Crippen MR) is 80.0 cm³/mol. The second-order valence-electron chi connectivity index (χ2n) is 5.12. The van der Waals surface area contributed by atoms with Crippen molar-refractivity contribution >= 4 is 11.6 Å². The van der Waals surface area contributed by atoms with Gasteiger partial charge in [0.2, 0.25) is 0 Å². The summed E-state index contributed by atoms with van der Waals surface area (Å²) in [5.74, 6) is -0.565. The van der Waals surface area contributed by atoms with E-state index in [1.807, 2.05) is 0 Å². The predicted octanol–water partition coefficient (Wildman–Crippen LogP) is 1.01. The van der Waals surface area contributed by atoms with Crippen LogP contribution in [0.4, 0.5) is 10.1 Å². The highest BCUT2D eigenvalue weighted by Crippen LogP contribution is 2.21. The monoisotopic (exact) mass is 295 g/mol. The first kappa shape index (κ1) is 15.7. The van der Waals surface area contributed by atoms with Crippen LogP contribution in [0.1, 0.15) is 16.8 Å². The molecule has 0 aromatic heterocycles. The van der Waals surface area contributed by atoms with E-state index in [4.69, 9.17) is 5.11 Å². The van der Waals surface area contributed by atoms with Crippen LogP contribution in [0, 0.1) is 5.82 Å². The van der Waals surface area contributed by atoms with E-state index in [1.54, 1.807) is 24.1 Å². The van der Waals surface area contributed by atoms with E-state index in [2.05, 4.69) is 10.2 Å². The maximum Gasteiger partial charge on any atom is 0.256 e. The van der Waals surface area contributed by atoms with Crippen molar-refractivity contribution in [3.63, 3.8) is 0 Å². The molecule has 5 nitrogen and oxygen atoms in total. The second kappa shape index (κ2) is 7.38. The molecule has 1 aliphatic rings. The molecule has 1 fully saturated rings. The highest BCUT2D eigenvalue weighted by atomic mass is 19.1. The molecular weight excluding hydrogens is 273 g/mol. The molecule has 1 amide bonds. The molecule has 1 aromatic rings. The Balaban J connectivity index is 2.11. The number of carbonyl (C=O) groups is 1. The van der Waals surface area contributed by atoms with Crippen molar-refractivity contribution in [1.29, 1.82) is 0 Å². The van der Waals surface area contributed by atoms with Gasteiger partial charge in [-0.15, -0.1) is 0 Å². The average molecular weight is 295 g/mol. The number of para-hydroxylation sites is 1. The molecule has 6 heteroatoms. The first-order chi connectivity index (χ1) is 10.2. The SMILES string of the molecule is CNc1c(F)cccc1C(=O)N1CCCN(CCO)CC1. The Morgan fingerprint density at radius 3 is 2.86 bits per heavy atom. The lowest BCUT2D eigenvalue weighted by molar-refractivity contribution is 0.0761. The van der Waals surface area contributed by atoms with E-state index >= 15 is 0 Å². The zero-order chi connectivity index (χ0) is 15.2. The maximum absolute atomic E-state index is 13.8. The number of hydrogen-bond acceptors (Lipinski definition) is 4. The maximum atomic E-state index is 13.8. The summed E-state index contributed by atoms with van der Waals surface area (Å²) in [5.41, 5.74) is 0.618. The third-order valence-electron chi connectivity index (χ3n) is 3.79. The van der Waals surface area contributed by atoms with Crippen LogP contribution in [0.3, 0.4) is 0 Å². The Hall–Kier alpha value is -1.66. The van der Waals surface area contributed by atoms with Gasteiger partial charge >= 0.3 is 0 Å². The third kappa shape index (κ3) is 3.71. The van der Waals surface area contributed by atoms with Gasteiger partial charge in [0, 0.05) is 33.2 Å². The molecule has 2 rings (SSSR count). The summed E-state index contributed by atoms with van der Waals surface area (Å²) in [4.78, 5) is 16.5. The van der Waals surface area contributed by atoms with Crippen LogP contribution in [0.5, 0.6) is 0 Å². The Morgan fingerprint density at radius 1 is 1.33 bits per heavy atom. The van der Waals surface area contributed by atoms with Crippen LogP contribution in [0.25, 0.3) is 0 Å². The average Bonchev–Trinajstić information content (AvgIpc) is 2.72. The van der Waals surface area contributed by atoms with Gasteiger partial charge in [0.05, 0.1) is 17.9 Å². The number of hydrogen-bond donors (Lipinski definition) is 2. The van der Waals surface area contributed by atoms with E-state index < -0.39 is 5.82 Å². The van der Waals surface area contributed by atoms with Gasteiger partial charge in [-0.3, -0.25) is 9.69 Å². The molecule has 21 heavy (non-hydrogen) atoms. The van der Waals surface area contributed by atoms with Crippen LogP contribution < -0.4 is 5.32 Å². The summed E-state index contributed by atoms with van der Waals surface area (Å²) in [6, 6.07) is 4.54. The molecule has 2 N–H and O–H groups in total. The molecule has 0 bridgehead atoms. The highest BCUT2D eigenvalue weighted by Gasteiger charge is 2.23. The minimum atomic E-state index is -0.417. The van der Waals surface area contributed by atoms with Crippen LogP contribution in [0.15, 0.2) is 18.2 Å². The summed E-state index contributed by atoms with van der Waals surface area (Å²) < 4.78 is 13.8. The van der Waals surface area contributed by atoms with E-state index in [1.165, 1.54) is 6.07 Å². The zero-order valence-corrected chi connectivity index (χ0v) is 12.3. The van der Waals surface area contributed by atoms with Crippen LogP contribution in [-0.2, 0) is 0 Å². The first-order valence-electron chi connectivity index (χ1n) is 7.26. The molecule has 0 aliphatic carbocycles. The fourth-order valence-corrected chi connectivity index (χ4v) is 2.67. The number of halogens is 1. The quantitative estimate of drug-likeness (QED) is 0.870. The lowest BCUT2D eigenvalue weighted by Crippen LogP contribution is -2.36.